The Bertz CT molecular complexity index is 452. The SMILES string of the molecule is Cc1c(CNCCSC(F)(F)F)cccc1[N+](=O)[O-]. The number of nitro benzene ring substituents is 1. The Labute approximate surface area is 112 Å². The smallest absolute Gasteiger partial charge is 0.312 e. The van der Waals surface area contributed by atoms with Crippen LogP contribution in [0.15, 0.2) is 18.2 Å². The second-order valence-corrected chi connectivity index (χ2v) is 4.95. The van der Waals surface area contributed by atoms with E-state index in [2.05, 4.69) is 5.32 Å². The number of thioether (sulfide) groups is 1. The molecule has 0 saturated heterocycles. The first kappa shape index (κ1) is 15.8. The molecule has 0 aliphatic heterocycles. The van der Waals surface area contributed by atoms with Crippen LogP contribution in [0.1, 0.15) is 11.1 Å². The third kappa shape index (κ3) is 5.48. The molecule has 0 atom stereocenters. The van der Waals surface area contributed by atoms with Crippen LogP contribution in [0.2, 0.25) is 0 Å². The molecule has 19 heavy (non-hydrogen) atoms. The van der Waals surface area contributed by atoms with Gasteiger partial charge < -0.3 is 5.32 Å². The third-order valence-electron chi connectivity index (χ3n) is 2.47. The molecule has 106 valence electrons. The maximum atomic E-state index is 11.9. The summed E-state index contributed by atoms with van der Waals surface area (Å²) in [4.78, 5) is 10.2. The molecule has 0 unspecified atom stereocenters. The first-order valence-electron chi connectivity index (χ1n) is 5.45. The minimum atomic E-state index is -4.22. The fourth-order valence-corrected chi connectivity index (χ4v) is 2.00. The van der Waals surface area contributed by atoms with E-state index in [1.54, 1.807) is 19.1 Å². The lowest BCUT2D eigenvalue weighted by atomic mass is 10.1. The normalized spacial score (nSPS) is 11.6. The van der Waals surface area contributed by atoms with Crippen molar-refractivity contribution in [1.82, 2.24) is 5.32 Å². The van der Waals surface area contributed by atoms with Crippen LogP contribution in [-0.2, 0) is 6.54 Å². The molecule has 1 rings (SSSR count). The summed E-state index contributed by atoms with van der Waals surface area (Å²) < 4.78 is 35.6. The Morgan fingerprint density at radius 3 is 2.68 bits per heavy atom. The lowest BCUT2D eigenvalue weighted by Crippen LogP contribution is -2.19. The highest BCUT2D eigenvalue weighted by atomic mass is 32.2. The number of alkyl halides is 3. The van der Waals surface area contributed by atoms with Gasteiger partial charge >= 0.3 is 5.51 Å². The molecule has 0 radical (unpaired) electrons. The second-order valence-electron chi connectivity index (χ2n) is 3.79. The predicted molar refractivity (Wildman–Crippen MR) is 68.1 cm³/mol. The third-order valence-corrected chi connectivity index (χ3v) is 3.21. The summed E-state index contributed by atoms with van der Waals surface area (Å²) in [6, 6.07) is 4.68. The molecule has 0 aromatic heterocycles. The van der Waals surface area contributed by atoms with Crippen LogP contribution in [0.5, 0.6) is 0 Å². The Kier molecular flexibility index (Phi) is 5.61. The summed E-state index contributed by atoms with van der Waals surface area (Å²) in [6.45, 7) is 2.12. The lowest BCUT2D eigenvalue weighted by Gasteiger charge is -2.09. The van der Waals surface area contributed by atoms with Crippen LogP contribution in [-0.4, -0.2) is 22.7 Å². The van der Waals surface area contributed by atoms with Crippen molar-refractivity contribution >= 4 is 17.4 Å². The van der Waals surface area contributed by atoms with Crippen LogP contribution < -0.4 is 5.32 Å². The van der Waals surface area contributed by atoms with E-state index in [0.717, 1.165) is 0 Å². The van der Waals surface area contributed by atoms with Gasteiger partial charge in [0.05, 0.1) is 4.92 Å². The molecule has 0 amide bonds. The van der Waals surface area contributed by atoms with Gasteiger partial charge in [-0.3, -0.25) is 10.1 Å². The van der Waals surface area contributed by atoms with E-state index in [9.17, 15) is 23.3 Å². The summed E-state index contributed by atoms with van der Waals surface area (Å²) in [6.07, 6.45) is 0. The molecular formula is C11H13F3N2O2S. The molecule has 0 bridgehead atoms. The highest BCUT2D eigenvalue weighted by Gasteiger charge is 2.27. The van der Waals surface area contributed by atoms with Crippen LogP contribution in [0.3, 0.4) is 0 Å². The average molecular weight is 294 g/mol. The summed E-state index contributed by atoms with van der Waals surface area (Å²) in [5, 5.41) is 13.6. The molecule has 1 aromatic rings. The Hall–Kier alpha value is -1.28. The molecule has 1 aromatic carbocycles. The number of benzene rings is 1. The summed E-state index contributed by atoms with van der Waals surface area (Å²) in [5.74, 6) is -0.0858. The molecule has 8 heteroatoms. The average Bonchev–Trinajstić information content (AvgIpc) is 2.28. The highest BCUT2D eigenvalue weighted by Crippen LogP contribution is 2.29. The van der Waals surface area contributed by atoms with E-state index in [4.69, 9.17) is 0 Å². The van der Waals surface area contributed by atoms with Crippen LogP contribution in [0, 0.1) is 17.0 Å². The first-order valence-corrected chi connectivity index (χ1v) is 6.44. The van der Waals surface area contributed by atoms with Crippen LogP contribution in [0.25, 0.3) is 0 Å². The summed E-state index contributed by atoms with van der Waals surface area (Å²) in [5.41, 5.74) is -2.96. The van der Waals surface area contributed by atoms with Crippen molar-refractivity contribution in [1.29, 1.82) is 0 Å². The summed E-state index contributed by atoms with van der Waals surface area (Å²) in [7, 11) is 0. The van der Waals surface area contributed by atoms with Crippen LogP contribution in [0.4, 0.5) is 18.9 Å². The number of halogens is 3. The zero-order chi connectivity index (χ0) is 14.5. The Morgan fingerprint density at radius 2 is 2.11 bits per heavy atom. The van der Waals surface area contributed by atoms with E-state index in [1.807, 2.05) is 0 Å². The largest absolute Gasteiger partial charge is 0.441 e. The number of rotatable bonds is 6. The fraction of sp³-hybridized carbons (Fsp3) is 0.455. The van der Waals surface area contributed by atoms with Gasteiger partial charge in [-0.2, -0.15) is 13.2 Å². The topological polar surface area (TPSA) is 55.2 Å². The maximum absolute atomic E-state index is 11.9. The van der Waals surface area contributed by atoms with Crippen molar-refractivity contribution in [2.24, 2.45) is 0 Å². The Morgan fingerprint density at radius 1 is 1.42 bits per heavy atom. The molecular weight excluding hydrogens is 281 g/mol. The van der Waals surface area contributed by atoms with Crippen molar-refractivity contribution in [3.05, 3.63) is 39.4 Å². The molecule has 0 fully saturated rings. The molecule has 0 aliphatic rings. The van der Waals surface area contributed by atoms with Crippen molar-refractivity contribution < 1.29 is 18.1 Å². The van der Waals surface area contributed by atoms with Gasteiger partial charge in [0.25, 0.3) is 5.69 Å². The van der Waals surface area contributed by atoms with E-state index < -0.39 is 10.4 Å². The van der Waals surface area contributed by atoms with Gasteiger partial charge in [-0.25, -0.2) is 0 Å². The summed E-state index contributed by atoms with van der Waals surface area (Å²) >= 11 is -0.0898. The second kappa shape index (κ2) is 6.76. The molecule has 0 aliphatic carbocycles. The zero-order valence-corrected chi connectivity index (χ0v) is 11.0. The standard InChI is InChI=1S/C11H13F3N2O2S/c1-8-9(3-2-4-10(8)16(17)18)7-15-5-6-19-11(12,13)14/h2-4,15H,5-7H2,1H3. The van der Waals surface area contributed by atoms with E-state index in [-0.39, 0.29) is 29.7 Å². The minimum absolute atomic E-state index is 0.0176. The number of nitrogens with one attached hydrogen (secondary N) is 1. The predicted octanol–water partition coefficient (Wildman–Crippen LogP) is 3.25. The van der Waals surface area contributed by atoms with Crippen LogP contribution >= 0.6 is 11.8 Å². The Balaban J connectivity index is 2.46. The van der Waals surface area contributed by atoms with Gasteiger partial charge in [-0.05, 0) is 24.2 Å². The van der Waals surface area contributed by atoms with Gasteiger partial charge in [-0.1, -0.05) is 12.1 Å². The van der Waals surface area contributed by atoms with Gasteiger partial charge in [0.2, 0.25) is 0 Å². The number of hydrogen-bond acceptors (Lipinski definition) is 4. The van der Waals surface area contributed by atoms with E-state index >= 15 is 0 Å². The van der Waals surface area contributed by atoms with Crippen molar-refractivity contribution in [3.8, 4) is 0 Å². The van der Waals surface area contributed by atoms with E-state index in [0.29, 0.717) is 17.7 Å². The molecule has 1 N–H and O–H groups in total. The molecule has 0 heterocycles. The van der Waals surface area contributed by atoms with Gasteiger partial charge in [-0.15, -0.1) is 0 Å². The van der Waals surface area contributed by atoms with Crippen molar-refractivity contribution in [2.45, 2.75) is 19.0 Å². The minimum Gasteiger partial charge on any atom is -0.312 e. The van der Waals surface area contributed by atoms with Gasteiger partial charge in [0.15, 0.2) is 0 Å². The molecule has 0 spiro atoms. The first-order chi connectivity index (χ1) is 8.81. The quantitative estimate of drug-likeness (QED) is 0.497. The number of nitrogens with zero attached hydrogens (tertiary/aromatic N) is 1. The van der Waals surface area contributed by atoms with Crippen molar-refractivity contribution in [2.75, 3.05) is 12.3 Å². The maximum Gasteiger partial charge on any atom is 0.441 e. The van der Waals surface area contributed by atoms with Crippen molar-refractivity contribution in [3.63, 3.8) is 0 Å². The number of hydrogen-bond donors (Lipinski definition) is 1. The lowest BCUT2D eigenvalue weighted by molar-refractivity contribution is -0.385. The van der Waals surface area contributed by atoms with Gasteiger partial charge in [0.1, 0.15) is 0 Å². The molecule has 4 nitrogen and oxygen atoms in total. The molecule has 0 saturated carbocycles. The zero-order valence-electron chi connectivity index (χ0n) is 10.2. The van der Waals surface area contributed by atoms with E-state index in [1.165, 1.54) is 6.07 Å². The van der Waals surface area contributed by atoms with Gasteiger partial charge in [0, 0.05) is 30.5 Å². The fourth-order valence-electron chi connectivity index (χ4n) is 1.52. The number of nitro groups is 1. The monoisotopic (exact) mass is 294 g/mol. The highest BCUT2D eigenvalue weighted by molar-refractivity contribution is 8.00.